The Morgan fingerprint density at radius 3 is 2.50 bits per heavy atom. The lowest BCUT2D eigenvalue weighted by Crippen LogP contribution is -2.34. The Morgan fingerprint density at radius 1 is 1.09 bits per heavy atom. The molecule has 0 radical (unpaired) electrons. The zero-order chi connectivity index (χ0) is 22.3. The van der Waals surface area contributed by atoms with E-state index in [2.05, 4.69) is 10.2 Å². The maximum atomic E-state index is 13.1. The molecule has 1 fully saturated rings. The highest BCUT2D eigenvalue weighted by Gasteiger charge is 2.32. The summed E-state index contributed by atoms with van der Waals surface area (Å²) in [5, 5.41) is 9.50. The van der Waals surface area contributed by atoms with Gasteiger partial charge < -0.3 is 14.4 Å². The molecule has 8 heteroatoms. The van der Waals surface area contributed by atoms with Crippen LogP contribution in [0.1, 0.15) is 18.4 Å². The first-order valence-electron chi connectivity index (χ1n) is 10.7. The van der Waals surface area contributed by atoms with Gasteiger partial charge in [0.05, 0.1) is 26.0 Å². The highest BCUT2D eigenvalue weighted by molar-refractivity contribution is 7.99. The number of hydrogen-bond acceptors (Lipinski definition) is 6. The van der Waals surface area contributed by atoms with Crippen molar-refractivity contribution in [2.45, 2.75) is 37.1 Å². The van der Waals surface area contributed by atoms with Crippen molar-refractivity contribution in [1.29, 1.82) is 0 Å². The lowest BCUT2D eigenvalue weighted by molar-refractivity contribution is -0.129. The van der Waals surface area contributed by atoms with Gasteiger partial charge in [0.1, 0.15) is 5.75 Å². The molecule has 3 aromatic rings. The smallest absolute Gasteiger partial charge is 0.233 e. The van der Waals surface area contributed by atoms with E-state index < -0.39 is 0 Å². The van der Waals surface area contributed by atoms with Crippen LogP contribution in [0.2, 0.25) is 0 Å². The normalized spacial score (nSPS) is 13.2. The Hall–Kier alpha value is -2.84. The predicted octanol–water partition coefficient (Wildman–Crippen LogP) is 3.88. The molecule has 1 heterocycles. The molecular weight excluding hydrogens is 424 g/mol. The van der Waals surface area contributed by atoms with Gasteiger partial charge in [-0.25, -0.2) is 0 Å². The van der Waals surface area contributed by atoms with Gasteiger partial charge in [-0.15, -0.1) is 10.2 Å². The molecule has 0 bridgehead atoms. The van der Waals surface area contributed by atoms with Crippen LogP contribution < -0.4 is 4.74 Å². The number of benzene rings is 2. The van der Waals surface area contributed by atoms with Crippen molar-refractivity contribution in [1.82, 2.24) is 19.7 Å². The maximum Gasteiger partial charge on any atom is 0.233 e. The SMILES string of the molecule is COCCn1c(SCC(=O)N(Cc2ccc(OC)cc2)C2CC2)nnc1-c1ccccc1. The molecule has 4 rings (SSSR count). The maximum absolute atomic E-state index is 13.1. The minimum atomic E-state index is 0.121. The summed E-state index contributed by atoms with van der Waals surface area (Å²) in [7, 11) is 3.33. The summed E-state index contributed by atoms with van der Waals surface area (Å²) in [6.07, 6.45) is 2.13. The first kappa shape index (κ1) is 22.4. The first-order chi connectivity index (χ1) is 15.7. The van der Waals surface area contributed by atoms with E-state index in [-0.39, 0.29) is 5.91 Å². The molecule has 0 saturated heterocycles. The summed E-state index contributed by atoms with van der Waals surface area (Å²) in [6, 6.07) is 18.2. The van der Waals surface area contributed by atoms with Crippen LogP contribution in [0.4, 0.5) is 0 Å². The molecule has 0 spiro atoms. The Morgan fingerprint density at radius 2 is 1.84 bits per heavy atom. The van der Waals surface area contributed by atoms with Crippen LogP contribution in [-0.4, -0.2) is 58.2 Å². The summed E-state index contributed by atoms with van der Waals surface area (Å²) in [6.45, 7) is 1.78. The molecule has 1 aromatic heterocycles. The standard InChI is InChI=1S/C24H28N4O3S/c1-30-15-14-27-23(19-6-4-3-5-7-19)25-26-24(27)32-17-22(29)28(20-10-11-20)16-18-8-12-21(31-2)13-9-18/h3-9,12-13,20H,10-11,14-17H2,1-2H3. The van der Waals surface area contributed by atoms with Gasteiger partial charge in [-0.3, -0.25) is 9.36 Å². The number of thioether (sulfide) groups is 1. The fraction of sp³-hybridized carbons (Fsp3) is 0.375. The molecule has 1 amide bonds. The minimum Gasteiger partial charge on any atom is -0.497 e. The van der Waals surface area contributed by atoms with Crippen molar-refractivity contribution in [3.63, 3.8) is 0 Å². The van der Waals surface area contributed by atoms with E-state index in [4.69, 9.17) is 9.47 Å². The number of hydrogen-bond donors (Lipinski definition) is 0. The summed E-state index contributed by atoms with van der Waals surface area (Å²) < 4.78 is 12.5. The van der Waals surface area contributed by atoms with Crippen LogP contribution in [0.25, 0.3) is 11.4 Å². The van der Waals surface area contributed by atoms with E-state index >= 15 is 0 Å². The third-order valence-corrected chi connectivity index (χ3v) is 6.36. The zero-order valence-electron chi connectivity index (χ0n) is 18.4. The lowest BCUT2D eigenvalue weighted by atomic mass is 10.2. The van der Waals surface area contributed by atoms with Crippen molar-refractivity contribution in [2.24, 2.45) is 0 Å². The topological polar surface area (TPSA) is 69.5 Å². The van der Waals surface area contributed by atoms with E-state index in [1.165, 1.54) is 11.8 Å². The van der Waals surface area contributed by atoms with Gasteiger partial charge in [0.2, 0.25) is 5.91 Å². The average molecular weight is 453 g/mol. The number of carbonyl (C=O) groups excluding carboxylic acids is 1. The highest BCUT2D eigenvalue weighted by Crippen LogP contribution is 2.30. The number of methoxy groups -OCH3 is 2. The largest absolute Gasteiger partial charge is 0.497 e. The fourth-order valence-corrected chi connectivity index (χ4v) is 4.37. The second kappa shape index (κ2) is 10.7. The van der Waals surface area contributed by atoms with E-state index in [1.54, 1.807) is 14.2 Å². The molecule has 1 saturated carbocycles. The molecule has 0 atom stereocenters. The minimum absolute atomic E-state index is 0.121. The molecule has 0 N–H and O–H groups in total. The molecule has 168 valence electrons. The monoisotopic (exact) mass is 452 g/mol. The van der Waals surface area contributed by atoms with Crippen LogP contribution in [0.5, 0.6) is 5.75 Å². The van der Waals surface area contributed by atoms with Crippen LogP contribution in [0.15, 0.2) is 59.8 Å². The van der Waals surface area contributed by atoms with Gasteiger partial charge in [-0.1, -0.05) is 54.2 Å². The van der Waals surface area contributed by atoms with Gasteiger partial charge in [-0.05, 0) is 30.5 Å². The number of aromatic nitrogens is 3. The van der Waals surface area contributed by atoms with Gasteiger partial charge >= 0.3 is 0 Å². The highest BCUT2D eigenvalue weighted by atomic mass is 32.2. The Labute approximate surface area is 192 Å². The molecular formula is C24H28N4O3S. The van der Waals surface area contributed by atoms with Gasteiger partial charge in [0, 0.05) is 25.3 Å². The van der Waals surface area contributed by atoms with Gasteiger partial charge in [-0.2, -0.15) is 0 Å². The van der Waals surface area contributed by atoms with E-state index in [0.29, 0.717) is 31.5 Å². The van der Waals surface area contributed by atoms with E-state index in [9.17, 15) is 4.79 Å². The van der Waals surface area contributed by atoms with Gasteiger partial charge in [0.25, 0.3) is 0 Å². The molecule has 1 aliphatic rings. The van der Waals surface area contributed by atoms with Crippen molar-refractivity contribution in [2.75, 3.05) is 26.6 Å². The quantitative estimate of drug-likeness (QED) is 0.411. The Bertz CT molecular complexity index is 1020. The van der Waals surface area contributed by atoms with Crippen LogP contribution in [0, 0.1) is 0 Å². The van der Waals surface area contributed by atoms with Crippen LogP contribution in [-0.2, 0) is 22.6 Å². The molecule has 0 aliphatic heterocycles. The van der Waals surface area contributed by atoms with Crippen LogP contribution >= 0.6 is 11.8 Å². The fourth-order valence-electron chi connectivity index (χ4n) is 3.52. The van der Waals surface area contributed by atoms with Crippen molar-refractivity contribution >= 4 is 17.7 Å². The summed E-state index contributed by atoms with van der Waals surface area (Å²) in [5.74, 6) is 2.05. The molecule has 32 heavy (non-hydrogen) atoms. The second-order valence-corrected chi connectivity index (χ2v) is 8.65. The summed E-state index contributed by atoms with van der Waals surface area (Å²) >= 11 is 1.43. The molecule has 0 unspecified atom stereocenters. The lowest BCUT2D eigenvalue weighted by Gasteiger charge is -2.22. The Balaban J connectivity index is 1.45. The molecule has 1 aliphatic carbocycles. The number of ether oxygens (including phenoxy) is 2. The number of rotatable bonds is 11. The van der Waals surface area contributed by atoms with E-state index in [1.807, 2.05) is 64.1 Å². The van der Waals surface area contributed by atoms with Gasteiger partial charge in [0.15, 0.2) is 11.0 Å². The third-order valence-electron chi connectivity index (χ3n) is 5.41. The first-order valence-corrected chi connectivity index (χ1v) is 11.7. The number of nitrogens with zero attached hydrogens (tertiary/aromatic N) is 4. The molecule has 2 aromatic carbocycles. The second-order valence-electron chi connectivity index (χ2n) is 7.71. The zero-order valence-corrected chi connectivity index (χ0v) is 19.3. The van der Waals surface area contributed by atoms with Crippen molar-refractivity contribution in [3.8, 4) is 17.1 Å². The van der Waals surface area contributed by atoms with Crippen molar-refractivity contribution in [3.05, 3.63) is 60.2 Å². The summed E-state index contributed by atoms with van der Waals surface area (Å²) in [4.78, 5) is 15.1. The Kier molecular flexibility index (Phi) is 7.44. The predicted molar refractivity (Wildman–Crippen MR) is 125 cm³/mol. The average Bonchev–Trinajstić information content (AvgIpc) is 3.60. The molecule has 7 nitrogen and oxygen atoms in total. The summed E-state index contributed by atoms with van der Waals surface area (Å²) in [5.41, 5.74) is 2.10. The number of carbonyl (C=O) groups is 1. The number of amides is 1. The van der Waals surface area contributed by atoms with Crippen molar-refractivity contribution < 1.29 is 14.3 Å². The third kappa shape index (κ3) is 5.49. The van der Waals surface area contributed by atoms with E-state index in [0.717, 1.165) is 40.7 Å². The van der Waals surface area contributed by atoms with Crippen LogP contribution in [0.3, 0.4) is 0 Å².